The predicted octanol–water partition coefficient (Wildman–Crippen LogP) is 4.56. The monoisotopic (exact) mass is 288 g/mol. The standard InChI is InChI=1S/C11H14F2N2O.2C2H6/c1-11(12,13)16-7-10-14-8-5-3-4-6-9(8)15(10)2;2*1-2/h3-6,10,14H,7H2,1-2H3;2*1-2H3. The quantitative estimate of drug-likeness (QED) is 0.882. The van der Waals surface area contributed by atoms with Crippen molar-refractivity contribution >= 4 is 11.4 Å². The molecule has 0 spiro atoms. The molecule has 1 heterocycles. The van der Waals surface area contributed by atoms with Crippen molar-refractivity contribution in [2.45, 2.75) is 46.9 Å². The SMILES string of the molecule is CC.CC.CN1c2ccccc2NC1COC(C)(F)F. The highest BCUT2D eigenvalue weighted by molar-refractivity contribution is 5.75. The molecule has 1 aliphatic heterocycles. The molecule has 0 amide bonds. The van der Waals surface area contributed by atoms with Crippen molar-refractivity contribution in [1.82, 2.24) is 0 Å². The van der Waals surface area contributed by atoms with Gasteiger partial charge in [-0.1, -0.05) is 39.8 Å². The third-order valence-corrected chi connectivity index (χ3v) is 2.57. The van der Waals surface area contributed by atoms with E-state index in [4.69, 9.17) is 0 Å². The van der Waals surface area contributed by atoms with Crippen LogP contribution in [0.1, 0.15) is 34.6 Å². The number of fused-ring (bicyclic) bond motifs is 1. The average molecular weight is 288 g/mol. The van der Waals surface area contributed by atoms with E-state index in [1.807, 2.05) is 63.9 Å². The molecule has 1 aromatic rings. The van der Waals surface area contributed by atoms with E-state index < -0.39 is 6.11 Å². The van der Waals surface area contributed by atoms with Crippen molar-refractivity contribution in [2.75, 3.05) is 23.9 Å². The lowest BCUT2D eigenvalue weighted by molar-refractivity contribution is -0.225. The molecule has 0 saturated carbocycles. The second-order valence-electron chi connectivity index (χ2n) is 3.91. The van der Waals surface area contributed by atoms with Crippen LogP contribution < -0.4 is 10.2 Å². The molecule has 1 N–H and O–H groups in total. The van der Waals surface area contributed by atoms with Gasteiger partial charge >= 0.3 is 6.11 Å². The van der Waals surface area contributed by atoms with Gasteiger partial charge in [0, 0.05) is 14.0 Å². The van der Waals surface area contributed by atoms with Gasteiger partial charge in [-0.2, -0.15) is 8.78 Å². The lowest BCUT2D eigenvalue weighted by Crippen LogP contribution is -2.38. The van der Waals surface area contributed by atoms with E-state index in [2.05, 4.69) is 10.1 Å². The molecule has 0 radical (unpaired) electrons. The van der Waals surface area contributed by atoms with Crippen LogP contribution in [0.5, 0.6) is 0 Å². The molecule has 116 valence electrons. The maximum atomic E-state index is 12.6. The highest BCUT2D eigenvalue weighted by Crippen LogP contribution is 2.33. The first-order chi connectivity index (χ1) is 9.47. The van der Waals surface area contributed by atoms with Crippen molar-refractivity contribution in [1.29, 1.82) is 0 Å². The topological polar surface area (TPSA) is 24.5 Å². The first kappa shape index (κ1) is 18.6. The van der Waals surface area contributed by atoms with Crippen molar-refractivity contribution < 1.29 is 13.5 Å². The van der Waals surface area contributed by atoms with Gasteiger partial charge in [0.1, 0.15) is 6.17 Å². The molecule has 20 heavy (non-hydrogen) atoms. The number of alkyl halides is 2. The molecule has 0 aromatic heterocycles. The van der Waals surface area contributed by atoms with E-state index in [1.165, 1.54) is 0 Å². The molecule has 1 aromatic carbocycles. The highest BCUT2D eigenvalue weighted by atomic mass is 19.3. The Kier molecular flexibility index (Phi) is 8.15. The zero-order chi connectivity index (χ0) is 15.8. The fourth-order valence-electron chi connectivity index (χ4n) is 1.73. The van der Waals surface area contributed by atoms with Crippen LogP contribution in [0.4, 0.5) is 20.2 Å². The molecule has 3 nitrogen and oxygen atoms in total. The summed E-state index contributed by atoms with van der Waals surface area (Å²) in [7, 11) is 1.85. The third-order valence-electron chi connectivity index (χ3n) is 2.57. The van der Waals surface area contributed by atoms with Gasteiger partial charge in [-0.15, -0.1) is 0 Å². The van der Waals surface area contributed by atoms with Gasteiger partial charge in [-0.25, -0.2) is 0 Å². The molecule has 0 fully saturated rings. The maximum Gasteiger partial charge on any atom is 0.353 e. The summed E-state index contributed by atoms with van der Waals surface area (Å²) in [5, 5.41) is 3.12. The molecule has 2 rings (SSSR count). The molecule has 1 atom stereocenters. The van der Waals surface area contributed by atoms with Crippen molar-refractivity contribution in [3.8, 4) is 0 Å². The maximum absolute atomic E-state index is 12.6. The summed E-state index contributed by atoms with van der Waals surface area (Å²) >= 11 is 0. The van der Waals surface area contributed by atoms with E-state index in [0.29, 0.717) is 0 Å². The number of nitrogens with one attached hydrogen (secondary N) is 1. The smallest absolute Gasteiger partial charge is 0.353 e. The molecule has 5 heteroatoms. The molecule has 0 saturated heterocycles. The summed E-state index contributed by atoms with van der Waals surface area (Å²) in [4.78, 5) is 1.89. The van der Waals surface area contributed by atoms with Crippen molar-refractivity contribution in [3.63, 3.8) is 0 Å². The van der Waals surface area contributed by atoms with Gasteiger partial charge in [0.05, 0.1) is 18.0 Å². The molecule has 0 bridgehead atoms. The number of benzene rings is 1. The number of hydrogen-bond acceptors (Lipinski definition) is 3. The Hall–Kier alpha value is -1.36. The van der Waals surface area contributed by atoms with Gasteiger partial charge in [0.25, 0.3) is 0 Å². The normalized spacial score (nSPS) is 16.2. The van der Waals surface area contributed by atoms with Crippen LogP contribution in [-0.2, 0) is 4.74 Å². The number of rotatable bonds is 3. The minimum Gasteiger partial charge on any atom is -0.362 e. The molecule has 1 aliphatic rings. The Morgan fingerprint density at radius 2 is 1.75 bits per heavy atom. The fourth-order valence-corrected chi connectivity index (χ4v) is 1.73. The Labute approximate surface area is 120 Å². The largest absolute Gasteiger partial charge is 0.362 e. The number of hydrogen-bond donors (Lipinski definition) is 1. The van der Waals surface area contributed by atoms with E-state index in [1.54, 1.807) is 0 Å². The molecular formula is C15H26F2N2O. The van der Waals surface area contributed by atoms with Crippen LogP contribution in [0.25, 0.3) is 0 Å². The highest BCUT2D eigenvalue weighted by Gasteiger charge is 2.29. The fraction of sp³-hybridized carbons (Fsp3) is 0.600. The molecule has 0 aliphatic carbocycles. The number of anilines is 2. The summed E-state index contributed by atoms with van der Waals surface area (Å²) in [6.45, 7) is 8.68. The summed E-state index contributed by atoms with van der Waals surface area (Å²) in [5.74, 6) is 0. The van der Waals surface area contributed by atoms with Crippen LogP contribution in [0.3, 0.4) is 0 Å². The van der Waals surface area contributed by atoms with Crippen molar-refractivity contribution in [2.24, 2.45) is 0 Å². The van der Waals surface area contributed by atoms with Crippen LogP contribution >= 0.6 is 0 Å². The first-order valence-corrected chi connectivity index (χ1v) is 7.07. The molecular weight excluding hydrogens is 262 g/mol. The van der Waals surface area contributed by atoms with Crippen LogP contribution in [-0.4, -0.2) is 25.9 Å². The van der Waals surface area contributed by atoms with Crippen LogP contribution in [0, 0.1) is 0 Å². The average Bonchev–Trinajstić information content (AvgIpc) is 2.78. The number of nitrogens with zero attached hydrogens (tertiary/aromatic N) is 1. The minimum absolute atomic E-state index is 0.0608. The zero-order valence-electron chi connectivity index (χ0n) is 13.2. The van der Waals surface area contributed by atoms with E-state index in [-0.39, 0.29) is 12.8 Å². The number of halogens is 2. The minimum atomic E-state index is -3.09. The van der Waals surface area contributed by atoms with E-state index >= 15 is 0 Å². The Morgan fingerprint density at radius 1 is 1.20 bits per heavy atom. The van der Waals surface area contributed by atoms with E-state index in [0.717, 1.165) is 18.3 Å². The lowest BCUT2D eigenvalue weighted by atomic mass is 10.3. The summed E-state index contributed by atoms with van der Waals surface area (Å²) in [6.07, 6.45) is -3.33. The third kappa shape index (κ3) is 5.33. The Bertz CT molecular complexity index is 380. The van der Waals surface area contributed by atoms with Gasteiger partial charge in [0.15, 0.2) is 0 Å². The summed E-state index contributed by atoms with van der Waals surface area (Å²) in [6, 6.07) is 7.66. The summed E-state index contributed by atoms with van der Waals surface area (Å²) < 4.78 is 29.6. The predicted molar refractivity (Wildman–Crippen MR) is 81.5 cm³/mol. The number of likely N-dealkylation sites (N-methyl/N-ethyl adjacent to an activating group) is 1. The van der Waals surface area contributed by atoms with Crippen LogP contribution in [0.15, 0.2) is 24.3 Å². The van der Waals surface area contributed by atoms with E-state index in [9.17, 15) is 8.78 Å². The first-order valence-electron chi connectivity index (χ1n) is 7.07. The summed E-state index contributed by atoms with van der Waals surface area (Å²) in [5.41, 5.74) is 1.94. The second kappa shape index (κ2) is 8.74. The lowest BCUT2D eigenvalue weighted by Gasteiger charge is -2.23. The Balaban J connectivity index is 0.000000829. The van der Waals surface area contributed by atoms with Crippen molar-refractivity contribution in [3.05, 3.63) is 24.3 Å². The zero-order valence-corrected chi connectivity index (χ0v) is 13.2. The molecule has 1 unspecified atom stereocenters. The van der Waals surface area contributed by atoms with Gasteiger partial charge < -0.3 is 15.0 Å². The Morgan fingerprint density at radius 3 is 2.25 bits per heavy atom. The number of ether oxygens (including phenoxy) is 1. The van der Waals surface area contributed by atoms with Gasteiger partial charge in [-0.3, -0.25) is 0 Å². The number of para-hydroxylation sites is 2. The van der Waals surface area contributed by atoms with Gasteiger partial charge in [0.2, 0.25) is 0 Å². The van der Waals surface area contributed by atoms with Crippen LogP contribution in [0.2, 0.25) is 0 Å². The van der Waals surface area contributed by atoms with Gasteiger partial charge in [-0.05, 0) is 12.1 Å². The second-order valence-corrected chi connectivity index (χ2v) is 3.91.